The molecule has 1 aliphatic carbocycles. The maximum atomic E-state index is 14.2. The van der Waals surface area contributed by atoms with Gasteiger partial charge in [0, 0.05) is 26.2 Å². The molecule has 1 aromatic rings. The number of hydrogen-bond donors (Lipinski definition) is 1. The molecule has 1 aromatic carbocycles. The molecule has 6 nitrogen and oxygen atoms in total. The number of hydrogen-bond acceptors (Lipinski definition) is 5. The van der Waals surface area contributed by atoms with Gasteiger partial charge in [0.15, 0.2) is 11.6 Å². The van der Waals surface area contributed by atoms with E-state index in [9.17, 15) is 12.8 Å². The Labute approximate surface area is 148 Å². The molecule has 0 unspecified atom stereocenters. The van der Waals surface area contributed by atoms with Gasteiger partial charge in [-0.3, -0.25) is 4.90 Å². The van der Waals surface area contributed by atoms with Crippen LogP contribution in [0.15, 0.2) is 23.1 Å². The van der Waals surface area contributed by atoms with E-state index in [4.69, 9.17) is 9.47 Å². The molecule has 2 aliphatic rings. The minimum atomic E-state index is -3.73. The lowest BCUT2D eigenvalue weighted by atomic mass is 10.3. The highest BCUT2D eigenvalue weighted by Crippen LogP contribution is 2.27. The van der Waals surface area contributed by atoms with E-state index < -0.39 is 15.8 Å². The lowest BCUT2D eigenvalue weighted by molar-refractivity contribution is 0.0390. The van der Waals surface area contributed by atoms with Crippen molar-refractivity contribution in [1.82, 2.24) is 9.62 Å². The lowest BCUT2D eigenvalue weighted by Crippen LogP contribution is -2.41. The van der Waals surface area contributed by atoms with Crippen LogP contribution in [0, 0.1) is 5.82 Å². The van der Waals surface area contributed by atoms with Crippen LogP contribution in [0.4, 0.5) is 4.39 Å². The molecule has 0 bridgehead atoms. The SMILES string of the molecule is O=S(=O)(NCCN1CCOCC1)c1ccc(OC2CCCC2)c(F)c1. The van der Waals surface area contributed by atoms with Gasteiger partial charge in [0.2, 0.25) is 10.0 Å². The fourth-order valence-corrected chi connectivity index (χ4v) is 4.21. The molecule has 1 saturated carbocycles. The second-order valence-electron chi connectivity index (χ2n) is 6.47. The van der Waals surface area contributed by atoms with Crippen molar-refractivity contribution in [2.24, 2.45) is 0 Å². The van der Waals surface area contributed by atoms with Crippen LogP contribution < -0.4 is 9.46 Å². The number of sulfonamides is 1. The van der Waals surface area contributed by atoms with Crippen molar-refractivity contribution >= 4 is 10.0 Å². The van der Waals surface area contributed by atoms with Crippen molar-refractivity contribution in [2.75, 3.05) is 39.4 Å². The summed E-state index contributed by atoms with van der Waals surface area (Å²) in [6.45, 7) is 3.81. The highest BCUT2D eigenvalue weighted by atomic mass is 32.2. The van der Waals surface area contributed by atoms with Crippen LogP contribution in [0.3, 0.4) is 0 Å². The van der Waals surface area contributed by atoms with E-state index in [0.29, 0.717) is 19.8 Å². The smallest absolute Gasteiger partial charge is 0.240 e. The third-order valence-electron chi connectivity index (χ3n) is 4.63. The lowest BCUT2D eigenvalue weighted by Gasteiger charge is -2.26. The molecule has 0 atom stereocenters. The first kappa shape index (κ1) is 18.6. The Kier molecular flexibility index (Phi) is 6.27. The summed E-state index contributed by atoms with van der Waals surface area (Å²) in [5, 5.41) is 0. The number of halogens is 1. The monoisotopic (exact) mass is 372 g/mol. The number of morpholine rings is 1. The van der Waals surface area contributed by atoms with Gasteiger partial charge in [0.1, 0.15) is 0 Å². The summed E-state index contributed by atoms with van der Waals surface area (Å²) in [5.41, 5.74) is 0. The summed E-state index contributed by atoms with van der Waals surface area (Å²) in [5.74, 6) is -0.512. The summed E-state index contributed by atoms with van der Waals surface area (Å²) in [4.78, 5) is 2.05. The van der Waals surface area contributed by atoms with Crippen molar-refractivity contribution in [3.8, 4) is 5.75 Å². The quantitative estimate of drug-likeness (QED) is 0.790. The van der Waals surface area contributed by atoms with E-state index in [1.165, 1.54) is 12.1 Å². The van der Waals surface area contributed by atoms with Crippen LogP contribution in [0.2, 0.25) is 0 Å². The van der Waals surface area contributed by atoms with Gasteiger partial charge in [-0.25, -0.2) is 17.5 Å². The third kappa shape index (κ3) is 5.13. The summed E-state index contributed by atoms with van der Waals surface area (Å²) >= 11 is 0. The van der Waals surface area contributed by atoms with E-state index in [1.807, 2.05) is 0 Å². The molecule has 1 saturated heterocycles. The minimum Gasteiger partial charge on any atom is -0.487 e. The number of ether oxygens (including phenoxy) is 2. The van der Waals surface area contributed by atoms with Crippen LogP contribution in [-0.4, -0.2) is 58.8 Å². The zero-order chi connectivity index (χ0) is 17.7. The molecule has 0 aromatic heterocycles. The predicted octanol–water partition coefficient (Wildman–Crippen LogP) is 1.76. The molecule has 1 N–H and O–H groups in total. The highest BCUT2D eigenvalue weighted by Gasteiger charge is 2.21. The maximum Gasteiger partial charge on any atom is 0.240 e. The summed E-state index contributed by atoms with van der Waals surface area (Å²) < 4.78 is 52.3. The Balaban J connectivity index is 1.56. The van der Waals surface area contributed by atoms with Gasteiger partial charge in [-0.2, -0.15) is 0 Å². The van der Waals surface area contributed by atoms with E-state index in [2.05, 4.69) is 9.62 Å². The second kappa shape index (κ2) is 8.44. The molecule has 2 fully saturated rings. The first-order valence-corrected chi connectivity index (χ1v) is 10.3. The summed E-state index contributed by atoms with van der Waals surface area (Å²) in [6, 6.07) is 3.83. The maximum absolute atomic E-state index is 14.2. The Hall–Kier alpha value is -1.22. The Morgan fingerprint density at radius 3 is 2.64 bits per heavy atom. The first-order valence-electron chi connectivity index (χ1n) is 8.80. The molecular weight excluding hydrogens is 347 g/mol. The Morgan fingerprint density at radius 2 is 1.96 bits per heavy atom. The summed E-state index contributed by atoms with van der Waals surface area (Å²) in [6.07, 6.45) is 4.05. The van der Waals surface area contributed by atoms with E-state index >= 15 is 0 Å². The molecule has 0 spiro atoms. The molecule has 8 heteroatoms. The standard InChI is InChI=1S/C17H25FN2O4S/c18-16-13-15(5-6-17(16)24-14-3-1-2-4-14)25(21,22)19-7-8-20-9-11-23-12-10-20/h5-6,13-14,19H,1-4,7-12H2. The van der Waals surface area contributed by atoms with E-state index in [1.54, 1.807) is 0 Å². The van der Waals surface area contributed by atoms with Crippen molar-refractivity contribution in [2.45, 2.75) is 36.7 Å². The largest absolute Gasteiger partial charge is 0.487 e. The second-order valence-corrected chi connectivity index (χ2v) is 8.24. The molecule has 1 heterocycles. The van der Waals surface area contributed by atoms with Crippen LogP contribution in [0.25, 0.3) is 0 Å². The molecule has 0 radical (unpaired) electrons. The van der Waals surface area contributed by atoms with E-state index in [-0.39, 0.29) is 23.3 Å². The van der Waals surface area contributed by atoms with Crippen molar-refractivity contribution in [3.63, 3.8) is 0 Å². The topological polar surface area (TPSA) is 67.9 Å². The Morgan fingerprint density at radius 1 is 1.24 bits per heavy atom. The average molecular weight is 372 g/mol. The molecule has 140 valence electrons. The van der Waals surface area contributed by atoms with Gasteiger partial charge in [-0.05, 0) is 43.9 Å². The van der Waals surface area contributed by atoms with Crippen LogP contribution in [-0.2, 0) is 14.8 Å². The van der Waals surface area contributed by atoms with Crippen molar-refractivity contribution in [3.05, 3.63) is 24.0 Å². The highest BCUT2D eigenvalue weighted by molar-refractivity contribution is 7.89. The van der Waals surface area contributed by atoms with Crippen LogP contribution in [0.1, 0.15) is 25.7 Å². The van der Waals surface area contributed by atoms with E-state index in [0.717, 1.165) is 44.8 Å². The van der Waals surface area contributed by atoms with Gasteiger partial charge in [0.05, 0.1) is 24.2 Å². The number of nitrogens with zero attached hydrogens (tertiary/aromatic N) is 1. The fourth-order valence-electron chi connectivity index (χ4n) is 3.18. The predicted molar refractivity (Wildman–Crippen MR) is 91.7 cm³/mol. The average Bonchev–Trinajstić information content (AvgIpc) is 3.10. The normalized spacial score (nSPS) is 20.0. The number of nitrogens with one attached hydrogen (secondary N) is 1. The zero-order valence-corrected chi connectivity index (χ0v) is 15.1. The zero-order valence-electron chi connectivity index (χ0n) is 14.2. The van der Waals surface area contributed by atoms with Crippen molar-refractivity contribution < 1.29 is 22.3 Å². The van der Waals surface area contributed by atoms with Crippen LogP contribution in [0.5, 0.6) is 5.75 Å². The molecule has 3 rings (SSSR count). The summed E-state index contributed by atoms with van der Waals surface area (Å²) in [7, 11) is -3.73. The third-order valence-corrected chi connectivity index (χ3v) is 6.09. The molecule has 0 amide bonds. The first-order chi connectivity index (χ1) is 12.0. The van der Waals surface area contributed by atoms with Crippen molar-refractivity contribution in [1.29, 1.82) is 0 Å². The molecule has 25 heavy (non-hydrogen) atoms. The number of benzene rings is 1. The van der Waals surface area contributed by atoms with Gasteiger partial charge in [0.25, 0.3) is 0 Å². The fraction of sp³-hybridized carbons (Fsp3) is 0.647. The van der Waals surface area contributed by atoms with Gasteiger partial charge in [-0.1, -0.05) is 0 Å². The number of rotatable bonds is 7. The minimum absolute atomic E-state index is 0.0311. The molecular formula is C17H25FN2O4S. The van der Waals surface area contributed by atoms with Gasteiger partial charge >= 0.3 is 0 Å². The van der Waals surface area contributed by atoms with Gasteiger partial charge in [-0.15, -0.1) is 0 Å². The Bertz CT molecular complexity index is 671. The van der Waals surface area contributed by atoms with Gasteiger partial charge < -0.3 is 9.47 Å². The van der Waals surface area contributed by atoms with Crippen LogP contribution >= 0.6 is 0 Å². The molecule has 1 aliphatic heterocycles.